The molecule has 0 bridgehead atoms. The Kier molecular flexibility index (Phi) is 2.10. The summed E-state index contributed by atoms with van der Waals surface area (Å²) in [5, 5.41) is 4.48. The minimum atomic E-state index is 0.0121. The number of hydrazone groups is 1. The zero-order valence-electron chi connectivity index (χ0n) is 9.83. The molecular weight excluding hydrogens is 184 g/mol. The predicted octanol–water partition coefficient (Wildman–Crippen LogP) is 2.80. The summed E-state index contributed by atoms with van der Waals surface area (Å²) in [7, 11) is 0. The van der Waals surface area contributed by atoms with Crippen LogP contribution in [0.5, 0.6) is 0 Å². The van der Waals surface area contributed by atoms with Gasteiger partial charge in [-0.15, -0.1) is 0 Å². The van der Waals surface area contributed by atoms with E-state index in [1.54, 1.807) is 0 Å². The molecule has 2 heteroatoms. The Balaban J connectivity index is 2.42. The molecule has 0 aliphatic carbocycles. The van der Waals surface area contributed by atoms with Crippen LogP contribution in [-0.4, -0.2) is 11.3 Å². The highest BCUT2D eigenvalue weighted by Crippen LogP contribution is 2.38. The number of hydrogen-bond acceptors (Lipinski definition) is 2. The van der Waals surface area contributed by atoms with Gasteiger partial charge < -0.3 is 5.43 Å². The van der Waals surface area contributed by atoms with E-state index in [1.807, 2.05) is 6.07 Å². The number of benzene rings is 1. The van der Waals surface area contributed by atoms with E-state index in [0.717, 1.165) is 5.71 Å². The minimum absolute atomic E-state index is 0.0121. The standard InChI is InChI=1S/C13H18N2/c1-12(2)11(14-15-13(12,3)4)10-8-6-5-7-9-10/h5-9,15H,1-4H3. The third-order valence-corrected chi connectivity index (χ3v) is 3.65. The molecule has 0 saturated carbocycles. The van der Waals surface area contributed by atoms with Gasteiger partial charge in [0.2, 0.25) is 0 Å². The van der Waals surface area contributed by atoms with E-state index in [9.17, 15) is 0 Å². The van der Waals surface area contributed by atoms with E-state index in [1.165, 1.54) is 5.56 Å². The normalized spacial score (nSPS) is 22.0. The smallest absolute Gasteiger partial charge is 0.0755 e. The van der Waals surface area contributed by atoms with Crippen LogP contribution in [0.25, 0.3) is 0 Å². The molecule has 0 atom stereocenters. The monoisotopic (exact) mass is 202 g/mol. The third kappa shape index (κ3) is 1.44. The van der Waals surface area contributed by atoms with Gasteiger partial charge in [-0.2, -0.15) is 5.10 Å². The average molecular weight is 202 g/mol. The second-order valence-electron chi connectivity index (χ2n) is 5.19. The molecule has 1 aliphatic rings. The molecule has 1 aromatic rings. The first-order valence-electron chi connectivity index (χ1n) is 5.36. The van der Waals surface area contributed by atoms with Crippen molar-refractivity contribution in [3.63, 3.8) is 0 Å². The van der Waals surface area contributed by atoms with Crippen molar-refractivity contribution in [2.24, 2.45) is 10.5 Å². The first kappa shape index (κ1) is 10.2. The Morgan fingerprint density at radius 2 is 1.60 bits per heavy atom. The maximum Gasteiger partial charge on any atom is 0.0755 e. The summed E-state index contributed by atoms with van der Waals surface area (Å²) < 4.78 is 0. The highest BCUT2D eigenvalue weighted by Gasteiger charge is 2.45. The van der Waals surface area contributed by atoms with Crippen LogP contribution in [0, 0.1) is 5.41 Å². The molecule has 2 rings (SSSR count). The summed E-state index contributed by atoms with van der Waals surface area (Å²) in [6, 6.07) is 10.4. The lowest BCUT2D eigenvalue weighted by Gasteiger charge is -2.35. The predicted molar refractivity (Wildman–Crippen MR) is 64.0 cm³/mol. The molecule has 1 heterocycles. The first-order valence-corrected chi connectivity index (χ1v) is 5.36. The van der Waals surface area contributed by atoms with Gasteiger partial charge in [-0.25, -0.2) is 0 Å². The van der Waals surface area contributed by atoms with Crippen molar-refractivity contribution in [2.75, 3.05) is 0 Å². The summed E-state index contributed by atoms with van der Waals surface area (Å²) in [4.78, 5) is 0. The van der Waals surface area contributed by atoms with Crippen molar-refractivity contribution in [3.05, 3.63) is 35.9 Å². The Morgan fingerprint density at radius 1 is 1.00 bits per heavy atom. The second kappa shape index (κ2) is 3.09. The molecule has 0 aromatic heterocycles. The Hall–Kier alpha value is -1.31. The van der Waals surface area contributed by atoms with Crippen LogP contribution in [0.3, 0.4) is 0 Å². The fourth-order valence-corrected chi connectivity index (χ4v) is 1.79. The molecule has 0 spiro atoms. The molecule has 2 nitrogen and oxygen atoms in total. The molecule has 1 aliphatic heterocycles. The third-order valence-electron chi connectivity index (χ3n) is 3.65. The summed E-state index contributed by atoms with van der Waals surface area (Å²) in [6.45, 7) is 8.84. The molecule has 15 heavy (non-hydrogen) atoms. The van der Waals surface area contributed by atoms with Crippen LogP contribution in [0.2, 0.25) is 0 Å². The molecule has 0 unspecified atom stereocenters. The molecule has 80 valence electrons. The number of rotatable bonds is 1. The van der Waals surface area contributed by atoms with E-state index >= 15 is 0 Å². The van der Waals surface area contributed by atoms with E-state index in [0.29, 0.717) is 0 Å². The van der Waals surface area contributed by atoms with E-state index in [2.05, 4.69) is 62.5 Å². The van der Waals surface area contributed by atoms with Crippen LogP contribution in [0.4, 0.5) is 0 Å². The van der Waals surface area contributed by atoms with E-state index < -0.39 is 0 Å². The fourth-order valence-electron chi connectivity index (χ4n) is 1.79. The Labute approximate surface area is 91.4 Å². The summed E-state index contributed by atoms with van der Waals surface area (Å²) in [5.41, 5.74) is 5.64. The van der Waals surface area contributed by atoms with Crippen molar-refractivity contribution in [2.45, 2.75) is 33.2 Å². The SMILES string of the molecule is CC1(C)NN=C(c2ccccc2)C1(C)C. The Bertz CT molecular complexity index is 388. The van der Waals surface area contributed by atoms with Crippen molar-refractivity contribution >= 4 is 5.71 Å². The molecule has 1 aromatic carbocycles. The van der Waals surface area contributed by atoms with E-state index in [4.69, 9.17) is 0 Å². The van der Waals surface area contributed by atoms with Gasteiger partial charge in [-0.05, 0) is 19.4 Å². The van der Waals surface area contributed by atoms with Gasteiger partial charge >= 0.3 is 0 Å². The van der Waals surface area contributed by atoms with Gasteiger partial charge in [-0.1, -0.05) is 44.2 Å². The molecular formula is C13H18N2. The van der Waals surface area contributed by atoms with Gasteiger partial charge in [0.05, 0.1) is 11.3 Å². The lowest BCUT2D eigenvalue weighted by Crippen LogP contribution is -2.46. The summed E-state index contributed by atoms with van der Waals surface area (Å²) >= 11 is 0. The fraction of sp³-hybridized carbons (Fsp3) is 0.462. The lowest BCUT2D eigenvalue weighted by atomic mass is 9.71. The van der Waals surface area contributed by atoms with Crippen molar-refractivity contribution in [3.8, 4) is 0 Å². The topological polar surface area (TPSA) is 24.4 Å². The average Bonchev–Trinajstić information content (AvgIpc) is 2.39. The van der Waals surface area contributed by atoms with Gasteiger partial charge in [0.15, 0.2) is 0 Å². The molecule has 0 fully saturated rings. The van der Waals surface area contributed by atoms with Gasteiger partial charge in [0.25, 0.3) is 0 Å². The largest absolute Gasteiger partial charge is 0.303 e. The van der Waals surface area contributed by atoms with Crippen molar-refractivity contribution in [1.82, 2.24) is 5.43 Å². The quantitative estimate of drug-likeness (QED) is 0.744. The van der Waals surface area contributed by atoms with Gasteiger partial charge in [0, 0.05) is 5.41 Å². The molecule has 0 amide bonds. The minimum Gasteiger partial charge on any atom is -0.303 e. The molecule has 0 radical (unpaired) electrons. The molecule has 1 N–H and O–H groups in total. The zero-order chi connectivity index (χ0) is 11.1. The summed E-state index contributed by atoms with van der Waals surface area (Å²) in [6.07, 6.45) is 0. The highest BCUT2D eigenvalue weighted by atomic mass is 15.4. The van der Waals surface area contributed by atoms with Crippen molar-refractivity contribution in [1.29, 1.82) is 0 Å². The lowest BCUT2D eigenvalue weighted by molar-refractivity contribution is 0.267. The maximum absolute atomic E-state index is 4.48. The van der Waals surface area contributed by atoms with Gasteiger partial charge in [-0.3, -0.25) is 0 Å². The van der Waals surface area contributed by atoms with Crippen LogP contribution < -0.4 is 5.43 Å². The van der Waals surface area contributed by atoms with Crippen LogP contribution in [-0.2, 0) is 0 Å². The van der Waals surface area contributed by atoms with Crippen LogP contribution in [0.15, 0.2) is 35.4 Å². The number of nitrogens with zero attached hydrogens (tertiary/aromatic N) is 1. The van der Waals surface area contributed by atoms with Crippen molar-refractivity contribution < 1.29 is 0 Å². The first-order chi connectivity index (χ1) is 6.95. The van der Waals surface area contributed by atoms with Gasteiger partial charge in [0.1, 0.15) is 0 Å². The highest BCUT2D eigenvalue weighted by molar-refractivity contribution is 6.06. The summed E-state index contributed by atoms with van der Waals surface area (Å²) in [5.74, 6) is 0. The second-order valence-corrected chi connectivity index (χ2v) is 5.19. The van der Waals surface area contributed by atoms with Crippen LogP contribution in [0.1, 0.15) is 33.3 Å². The number of nitrogens with one attached hydrogen (secondary N) is 1. The zero-order valence-corrected chi connectivity index (χ0v) is 9.83. The maximum atomic E-state index is 4.48. The molecule has 0 saturated heterocycles. The van der Waals surface area contributed by atoms with E-state index in [-0.39, 0.29) is 11.0 Å². The number of hydrogen-bond donors (Lipinski definition) is 1. The van der Waals surface area contributed by atoms with Crippen LogP contribution >= 0.6 is 0 Å². The Morgan fingerprint density at radius 3 is 2.07 bits per heavy atom.